The summed E-state index contributed by atoms with van der Waals surface area (Å²) in [4.78, 5) is 0. The molecule has 4 heteroatoms. The fourth-order valence-electron chi connectivity index (χ4n) is 1.74. The number of hydrogen-bond donors (Lipinski definition) is 1. The standard InChI is InChI=1S/C16H24N2O2/c1-14(2)13-19-10-5-9-18-12-15-6-3-4-7-16(15)20-11-8-17/h3-4,6-7,14,18H,5,9-13H2,1-2H3. The maximum atomic E-state index is 8.55. The van der Waals surface area contributed by atoms with E-state index < -0.39 is 0 Å². The minimum Gasteiger partial charge on any atom is -0.478 e. The molecule has 1 N–H and O–H groups in total. The molecule has 0 aliphatic heterocycles. The lowest BCUT2D eigenvalue weighted by Gasteiger charge is -2.10. The molecule has 1 aromatic carbocycles. The van der Waals surface area contributed by atoms with Crippen LogP contribution < -0.4 is 10.1 Å². The molecule has 0 unspecified atom stereocenters. The predicted octanol–water partition coefficient (Wildman–Crippen LogP) is 2.74. The molecule has 0 fully saturated rings. The summed E-state index contributed by atoms with van der Waals surface area (Å²) in [5.74, 6) is 1.37. The van der Waals surface area contributed by atoms with Crippen molar-refractivity contribution in [2.75, 3.05) is 26.4 Å². The first-order chi connectivity index (χ1) is 9.74. The number of nitrogens with one attached hydrogen (secondary N) is 1. The molecule has 0 saturated heterocycles. The molecule has 0 aliphatic rings. The highest BCUT2D eigenvalue weighted by molar-refractivity contribution is 5.33. The van der Waals surface area contributed by atoms with Gasteiger partial charge in [0.25, 0.3) is 0 Å². The number of ether oxygens (including phenoxy) is 2. The van der Waals surface area contributed by atoms with Gasteiger partial charge in [0.05, 0.1) is 0 Å². The molecule has 0 radical (unpaired) electrons. The van der Waals surface area contributed by atoms with Gasteiger partial charge in [-0.1, -0.05) is 32.0 Å². The third-order valence-electron chi connectivity index (χ3n) is 2.67. The first-order valence-electron chi connectivity index (χ1n) is 7.10. The summed E-state index contributed by atoms with van der Waals surface area (Å²) in [6, 6.07) is 9.77. The summed E-state index contributed by atoms with van der Waals surface area (Å²) >= 11 is 0. The number of benzene rings is 1. The number of rotatable bonds is 10. The van der Waals surface area contributed by atoms with E-state index in [1.165, 1.54) is 0 Å². The second-order valence-corrected chi connectivity index (χ2v) is 5.05. The van der Waals surface area contributed by atoms with E-state index in [1.807, 2.05) is 30.3 Å². The summed E-state index contributed by atoms with van der Waals surface area (Å²) in [6.07, 6.45) is 0.994. The Hall–Kier alpha value is -1.57. The average Bonchev–Trinajstić information content (AvgIpc) is 2.44. The fourth-order valence-corrected chi connectivity index (χ4v) is 1.74. The van der Waals surface area contributed by atoms with Crippen molar-refractivity contribution in [1.29, 1.82) is 5.26 Å². The van der Waals surface area contributed by atoms with Crippen molar-refractivity contribution >= 4 is 0 Å². The van der Waals surface area contributed by atoms with Crippen LogP contribution in [0, 0.1) is 17.2 Å². The maximum absolute atomic E-state index is 8.55. The number of nitriles is 1. The average molecular weight is 276 g/mol. The highest BCUT2D eigenvalue weighted by Crippen LogP contribution is 2.17. The lowest BCUT2D eigenvalue weighted by molar-refractivity contribution is 0.108. The van der Waals surface area contributed by atoms with Crippen molar-refractivity contribution < 1.29 is 9.47 Å². The summed E-state index contributed by atoms with van der Waals surface area (Å²) in [6.45, 7) is 7.64. The second-order valence-electron chi connectivity index (χ2n) is 5.05. The van der Waals surface area contributed by atoms with E-state index in [0.717, 1.165) is 44.0 Å². The van der Waals surface area contributed by atoms with Gasteiger partial charge >= 0.3 is 0 Å². The molecule has 1 aromatic rings. The Balaban J connectivity index is 2.20. The van der Waals surface area contributed by atoms with Crippen LogP contribution in [0.25, 0.3) is 0 Å². The molecule has 0 atom stereocenters. The number of nitrogens with zero attached hydrogens (tertiary/aromatic N) is 1. The van der Waals surface area contributed by atoms with Gasteiger partial charge in [-0.2, -0.15) is 5.26 Å². The van der Waals surface area contributed by atoms with E-state index in [2.05, 4.69) is 19.2 Å². The minimum atomic E-state index is 0.0834. The van der Waals surface area contributed by atoms with Crippen LogP contribution in [0.5, 0.6) is 5.75 Å². The zero-order chi connectivity index (χ0) is 14.6. The van der Waals surface area contributed by atoms with Gasteiger partial charge in [0, 0.05) is 25.3 Å². The van der Waals surface area contributed by atoms with Crippen molar-refractivity contribution in [3.8, 4) is 11.8 Å². The molecular formula is C16H24N2O2. The van der Waals surface area contributed by atoms with Gasteiger partial charge in [-0.05, 0) is 24.9 Å². The summed E-state index contributed by atoms with van der Waals surface area (Å²) in [5.41, 5.74) is 1.07. The normalized spacial score (nSPS) is 10.5. The SMILES string of the molecule is CC(C)COCCCNCc1ccccc1OCC#N. The van der Waals surface area contributed by atoms with Crippen LogP contribution in [0.4, 0.5) is 0 Å². The lowest BCUT2D eigenvalue weighted by Crippen LogP contribution is -2.17. The zero-order valence-electron chi connectivity index (χ0n) is 12.4. The molecule has 0 amide bonds. The topological polar surface area (TPSA) is 54.3 Å². The fraction of sp³-hybridized carbons (Fsp3) is 0.562. The highest BCUT2D eigenvalue weighted by Gasteiger charge is 2.02. The second kappa shape index (κ2) is 10.2. The Morgan fingerprint density at radius 2 is 2.10 bits per heavy atom. The van der Waals surface area contributed by atoms with Gasteiger partial charge < -0.3 is 14.8 Å². The Morgan fingerprint density at radius 3 is 2.85 bits per heavy atom. The number of hydrogen-bond acceptors (Lipinski definition) is 4. The van der Waals surface area contributed by atoms with E-state index >= 15 is 0 Å². The van der Waals surface area contributed by atoms with Crippen LogP contribution in [0.15, 0.2) is 24.3 Å². The molecule has 1 rings (SSSR count). The minimum absolute atomic E-state index is 0.0834. The number of para-hydroxylation sites is 1. The van der Waals surface area contributed by atoms with Crippen molar-refractivity contribution in [2.24, 2.45) is 5.92 Å². The predicted molar refractivity (Wildman–Crippen MR) is 79.5 cm³/mol. The molecule has 0 aliphatic carbocycles. The summed E-state index contributed by atoms with van der Waals surface area (Å²) < 4.78 is 10.9. The Morgan fingerprint density at radius 1 is 1.30 bits per heavy atom. The largest absolute Gasteiger partial charge is 0.478 e. The third-order valence-corrected chi connectivity index (χ3v) is 2.67. The van der Waals surface area contributed by atoms with Gasteiger partial charge in [0.2, 0.25) is 0 Å². The van der Waals surface area contributed by atoms with Gasteiger partial charge in [-0.3, -0.25) is 0 Å². The Labute approximate surface area is 121 Å². The molecule has 0 aromatic heterocycles. The third kappa shape index (κ3) is 7.13. The Kier molecular flexibility index (Phi) is 8.44. The van der Waals surface area contributed by atoms with E-state index in [-0.39, 0.29) is 6.61 Å². The monoisotopic (exact) mass is 276 g/mol. The molecule has 20 heavy (non-hydrogen) atoms. The van der Waals surface area contributed by atoms with Crippen LogP contribution in [0.2, 0.25) is 0 Å². The molecular weight excluding hydrogens is 252 g/mol. The van der Waals surface area contributed by atoms with Gasteiger partial charge in [-0.25, -0.2) is 0 Å². The molecule has 0 saturated carbocycles. The van der Waals surface area contributed by atoms with Crippen LogP contribution in [-0.2, 0) is 11.3 Å². The van der Waals surface area contributed by atoms with Crippen molar-refractivity contribution in [2.45, 2.75) is 26.8 Å². The van der Waals surface area contributed by atoms with Gasteiger partial charge in [-0.15, -0.1) is 0 Å². The van der Waals surface area contributed by atoms with E-state index in [9.17, 15) is 0 Å². The van der Waals surface area contributed by atoms with E-state index in [4.69, 9.17) is 14.7 Å². The van der Waals surface area contributed by atoms with Crippen molar-refractivity contribution in [3.05, 3.63) is 29.8 Å². The molecule has 110 valence electrons. The lowest BCUT2D eigenvalue weighted by atomic mass is 10.2. The van der Waals surface area contributed by atoms with Gasteiger partial charge in [0.15, 0.2) is 6.61 Å². The molecule has 0 heterocycles. The van der Waals surface area contributed by atoms with E-state index in [0.29, 0.717) is 5.92 Å². The first kappa shape index (κ1) is 16.5. The molecule has 0 spiro atoms. The van der Waals surface area contributed by atoms with Crippen LogP contribution in [0.3, 0.4) is 0 Å². The summed E-state index contributed by atoms with van der Waals surface area (Å²) in [7, 11) is 0. The quantitative estimate of drug-likeness (QED) is 0.668. The zero-order valence-corrected chi connectivity index (χ0v) is 12.4. The van der Waals surface area contributed by atoms with Gasteiger partial charge in [0.1, 0.15) is 11.8 Å². The van der Waals surface area contributed by atoms with Crippen LogP contribution >= 0.6 is 0 Å². The maximum Gasteiger partial charge on any atom is 0.174 e. The van der Waals surface area contributed by atoms with Crippen LogP contribution in [-0.4, -0.2) is 26.4 Å². The Bertz CT molecular complexity index is 413. The highest BCUT2D eigenvalue weighted by atomic mass is 16.5. The van der Waals surface area contributed by atoms with Crippen molar-refractivity contribution in [1.82, 2.24) is 5.32 Å². The van der Waals surface area contributed by atoms with Crippen LogP contribution in [0.1, 0.15) is 25.8 Å². The van der Waals surface area contributed by atoms with Crippen molar-refractivity contribution in [3.63, 3.8) is 0 Å². The smallest absolute Gasteiger partial charge is 0.174 e. The molecule has 0 bridgehead atoms. The van der Waals surface area contributed by atoms with E-state index in [1.54, 1.807) is 0 Å². The summed E-state index contributed by atoms with van der Waals surface area (Å²) in [5, 5.41) is 11.9. The molecule has 4 nitrogen and oxygen atoms in total. The first-order valence-corrected chi connectivity index (χ1v) is 7.10.